The molecular formula is C39H51N5O6S. The number of carbonyl (C=O) groups is 2. The molecule has 1 saturated heterocycles. The third kappa shape index (κ3) is 8.74. The topological polar surface area (TPSA) is 124 Å². The van der Waals surface area contributed by atoms with E-state index in [0.29, 0.717) is 25.4 Å². The van der Waals surface area contributed by atoms with Crippen molar-refractivity contribution < 1.29 is 27.9 Å². The van der Waals surface area contributed by atoms with Crippen LogP contribution in [0.5, 0.6) is 5.75 Å². The van der Waals surface area contributed by atoms with E-state index in [9.17, 15) is 23.1 Å². The summed E-state index contributed by atoms with van der Waals surface area (Å²) in [5, 5.41) is 16.0. The van der Waals surface area contributed by atoms with Crippen molar-refractivity contribution >= 4 is 32.9 Å². The highest BCUT2D eigenvalue weighted by Gasteiger charge is 2.40. The number of nitrogens with one attached hydrogen (secondary N) is 1. The van der Waals surface area contributed by atoms with Crippen LogP contribution in [0, 0.1) is 11.8 Å². The zero-order valence-electron chi connectivity index (χ0n) is 30.4. The molecular weight excluding hydrogens is 667 g/mol. The Balaban J connectivity index is 1.36. The summed E-state index contributed by atoms with van der Waals surface area (Å²) in [5.74, 6) is -0.120. The lowest BCUT2D eigenvalue weighted by atomic mass is 9.97. The van der Waals surface area contributed by atoms with Crippen molar-refractivity contribution in [3.63, 3.8) is 0 Å². The van der Waals surface area contributed by atoms with E-state index in [4.69, 9.17) is 4.74 Å². The predicted octanol–water partition coefficient (Wildman–Crippen LogP) is 4.88. The summed E-state index contributed by atoms with van der Waals surface area (Å²) in [6, 6.07) is 23.9. The normalized spacial score (nSPS) is 15.6. The van der Waals surface area contributed by atoms with Gasteiger partial charge in [-0.05, 0) is 65.6 Å². The largest absolute Gasteiger partial charge is 0.497 e. The SMILES string of the molecule is COc1ccc(S(=O)(=O)N(CC(C)C)C[C@@H](O)[C@H](Cc2ccccc2)NC(=O)[C@H](C(C)C)N2CCN(Cc3cc4ccccc4n3C)C2=O)cc1. The Morgan fingerprint density at radius 2 is 1.61 bits per heavy atom. The van der Waals surface area contributed by atoms with E-state index in [-0.39, 0.29) is 42.3 Å². The first kappa shape index (κ1) is 37.9. The Morgan fingerprint density at radius 3 is 2.24 bits per heavy atom. The highest BCUT2D eigenvalue weighted by molar-refractivity contribution is 7.89. The number of aromatic nitrogens is 1. The van der Waals surface area contributed by atoms with Crippen molar-refractivity contribution in [1.29, 1.82) is 0 Å². The minimum atomic E-state index is -4.00. The fraction of sp³-hybridized carbons (Fsp3) is 0.436. The molecule has 274 valence electrons. The number of para-hydroxylation sites is 1. The maximum Gasteiger partial charge on any atom is 0.321 e. The van der Waals surface area contributed by atoms with E-state index >= 15 is 0 Å². The van der Waals surface area contributed by atoms with Crippen LogP contribution < -0.4 is 10.1 Å². The van der Waals surface area contributed by atoms with Crippen LogP contribution >= 0.6 is 0 Å². The van der Waals surface area contributed by atoms with Crippen LogP contribution in [0.4, 0.5) is 4.79 Å². The third-order valence-corrected chi connectivity index (χ3v) is 11.4. The maximum absolute atomic E-state index is 14.2. The van der Waals surface area contributed by atoms with Gasteiger partial charge in [0.15, 0.2) is 0 Å². The first-order chi connectivity index (χ1) is 24.3. The number of aliphatic hydroxyl groups excluding tert-OH is 1. The van der Waals surface area contributed by atoms with Crippen LogP contribution in [0.15, 0.2) is 89.8 Å². The van der Waals surface area contributed by atoms with Crippen LogP contribution in [-0.2, 0) is 34.8 Å². The molecule has 0 radical (unpaired) electrons. The standard InChI is InChI=1S/C39H51N5O6S/c1-27(2)24-43(51(48,49)33-18-16-32(50-6)17-19-33)26-36(45)34(22-29-12-8-7-9-13-29)40-38(46)37(28(3)4)44-21-20-42(39(44)47)25-31-23-30-14-10-11-15-35(30)41(31)5/h7-19,23,27-28,34,36-37,45H,20-22,24-26H2,1-6H3,(H,40,46)/t34-,36+,37-/m0/s1. The summed E-state index contributed by atoms with van der Waals surface area (Å²) in [6.45, 7) is 8.83. The molecule has 1 aliphatic rings. The number of aryl methyl sites for hydroxylation is 1. The highest BCUT2D eigenvalue weighted by atomic mass is 32.2. The van der Waals surface area contributed by atoms with Gasteiger partial charge in [0.2, 0.25) is 15.9 Å². The molecule has 1 aliphatic heterocycles. The number of amides is 3. The Labute approximate surface area is 301 Å². The van der Waals surface area contributed by atoms with Crippen LogP contribution in [0.25, 0.3) is 10.9 Å². The van der Waals surface area contributed by atoms with Crippen molar-refractivity contribution in [2.24, 2.45) is 18.9 Å². The Kier molecular flexibility index (Phi) is 12.1. The van der Waals surface area contributed by atoms with Gasteiger partial charge in [-0.3, -0.25) is 4.79 Å². The lowest BCUT2D eigenvalue weighted by Gasteiger charge is -2.34. The molecule has 0 saturated carbocycles. The Morgan fingerprint density at radius 1 is 0.941 bits per heavy atom. The smallest absolute Gasteiger partial charge is 0.321 e. The van der Waals surface area contributed by atoms with Gasteiger partial charge in [0.1, 0.15) is 11.8 Å². The van der Waals surface area contributed by atoms with Crippen LogP contribution in [0.3, 0.4) is 0 Å². The number of methoxy groups -OCH3 is 1. The van der Waals surface area contributed by atoms with Gasteiger partial charge in [-0.2, -0.15) is 4.31 Å². The number of fused-ring (bicyclic) bond motifs is 1. The molecule has 12 heteroatoms. The zero-order chi connectivity index (χ0) is 36.9. The van der Waals surface area contributed by atoms with Crippen molar-refractivity contribution in [1.82, 2.24) is 24.0 Å². The van der Waals surface area contributed by atoms with E-state index in [2.05, 4.69) is 16.0 Å². The van der Waals surface area contributed by atoms with Gasteiger partial charge < -0.3 is 29.5 Å². The zero-order valence-corrected chi connectivity index (χ0v) is 31.2. The minimum Gasteiger partial charge on any atom is -0.497 e. The number of hydrogen-bond acceptors (Lipinski definition) is 6. The van der Waals surface area contributed by atoms with Gasteiger partial charge >= 0.3 is 6.03 Å². The molecule has 2 heterocycles. The number of ether oxygens (including phenoxy) is 1. The van der Waals surface area contributed by atoms with Crippen molar-refractivity contribution in [3.8, 4) is 5.75 Å². The molecule has 1 fully saturated rings. The van der Waals surface area contributed by atoms with E-state index in [0.717, 1.165) is 22.2 Å². The van der Waals surface area contributed by atoms with Crippen LogP contribution in [0.2, 0.25) is 0 Å². The molecule has 1 aromatic heterocycles. The van der Waals surface area contributed by atoms with Crippen LogP contribution in [0.1, 0.15) is 39.0 Å². The first-order valence-corrected chi connectivity index (χ1v) is 19.0. The minimum absolute atomic E-state index is 0.0317. The summed E-state index contributed by atoms with van der Waals surface area (Å²) in [4.78, 5) is 31.5. The van der Waals surface area contributed by atoms with E-state index < -0.39 is 34.1 Å². The average Bonchev–Trinajstić information content (AvgIpc) is 3.62. The molecule has 0 spiro atoms. The van der Waals surface area contributed by atoms with Gasteiger partial charge in [0, 0.05) is 44.4 Å². The Bertz CT molecular complexity index is 1890. The predicted molar refractivity (Wildman–Crippen MR) is 199 cm³/mol. The van der Waals surface area contributed by atoms with Gasteiger partial charge in [0.05, 0.1) is 30.7 Å². The lowest BCUT2D eigenvalue weighted by Crippen LogP contribution is -2.57. The molecule has 11 nitrogen and oxygen atoms in total. The summed E-state index contributed by atoms with van der Waals surface area (Å²) >= 11 is 0. The van der Waals surface area contributed by atoms with Gasteiger partial charge in [-0.25, -0.2) is 13.2 Å². The van der Waals surface area contributed by atoms with Gasteiger partial charge in [-0.15, -0.1) is 0 Å². The molecule has 0 bridgehead atoms. The molecule has 0 unspecified atom stereocenters. The van der Waals surface area contributed by atoms with Crippen LogP contribution in [-0.4, -0.2) is 95.6 Å². The number of carbonyl (C=O) groups excluding carboxylic acids is 2. The van der Waals surface area contributed by atoms with Gasteiger partial charge in [-0.1, -0.05) is 76.2 Å². The average molecular weight is 718 g/mol. The molecule has 3 amide bonds. The first-order valence-electron chi connectivity index (χ1n) is 17.6. The molecule has 2 N–H and O–H groups in total. The van der Waals surface area contributed by atoms with E-state index in [1.54, 1.807) is 21.9 Å². The quantitative estimate of drug-likeness (QED) is 0.170. The second-order valence-electron chi connectivity index (χ2n) is 14.1. The fourth-order valence-electron chi connectivity index (χ4n) is 6.83. The number of aliphatic hydroxyl groups is 1. The number of urea groups is 1. The number of sulfonamides is 1. The molecule has 3 aromatic carbocycles. The second-order valence-corrected chi connectivity index (χ2v) is 16.0. The number of benzene rings is 3. The number of rotatable bonds is 16. The number of nitrogens with zero attached hydrogens (tertiary/aromatic N) is 4. The molecule has 51 heavy (non-hydrogen) atoms. The number of hydrogen-bond donors (Lipinski definition) is 2. The van der Waals surface area contributed by atoms with Crippen molar-refractivity contribution in [2.75, 3.05) is 33.3 Å². The van der Waals surface area contributed by atoms with Gasteiger partial charge in [0.25, 0.3) is 0 Å². The molecule has 4 aromatic rings. The monoisotopic (exact) mass is 717 g/mol. The summed E-state index contributed by atoms with van der Waals surface area (Å²) < 4.78 is 36.3. The molecule has 5 rings (SSSR count). The Hall–Kier alpha value is -4.39. The molecule has 3 atom stereocenters. The highest BCUT2D eigenvalue weighted by Crippen LogP contribution is 2.25. The van der Waals surface area contributed by atoms with E-state index in [1.807, 2.05) is 89.3 Å². The second kappa shape index (κ2) is 16.3. The molecule has 0 aliphatic carbocycles. The third-order valence-electron chi connectivity index (χ3n) is 9.51. The lowest BCUT2D eigenvalue weighted by molar-refractivity contribution is -0.128. The van der Waals surface area contributed by atoms with Crippen molar-refractivity contribution in [3.05, 3.63) is 96.2 Å². The summed E-state index contributed by atoms with van der Waals surface area (Å²) in [6.07, 6.45) is -0.997. The maximum atomic E-state index is 14.2. The fourth-order valence-corrected chi connectivity index (χ4v) is 8.46. The van der Waals surface area contributed by atoms with E-state index in [1.165, 1.54) is 23.5 Å². The summed E-state index contributed by atoms with van der Waals surface area (Å²) in [7, 11) is -0.499. The van der Waals surface area contributed by atoms with Crippen molar-refractivity contribution in [2.45, 2.75) is 63.7 Å². The summed E-state index contributed by atoms with van der Waals surface area (Å²) in [5.41, 5.74) is 2.95.